The molecule has 0 N–H and O–H groups in total. The predicted molar refractivity (Wildman–Crippen MR) is 374 cm³/mol. The Labute approximate surface area is 525 Å². The molecule has 77 heavy (non-hydrogen) atoms. The molecule has 0 unspecified atom stereocenters. The molecule has 0 bridgehead atoms. The van der Waals surface area contributed by atoms with E-state index in [1.807, 2.05) is 8.85 Å². The number of hydrogen-bond donors (Lipinski definition) is 0. The molecule has 0 saturated carbocycles. The van der Waals surface area contributed by atoms with Gasteiger partial charge in [-0.3, -0.25) is 9.59 Å². The van der Waals surface area contributed by atoms with E-state index in [-0.39, 0.29) is 22.8 Å². The van der Waals surface area contributed by atoms with E-state index in [1.54, 1.807) is 92.2 Å². The minimum atomic E-state index is -1.18. The van der Waals surface area contributed by atoms with E-state index < -0.39 is 23.6 Å². The zero-order valence-corrected chi connectivity index (χ0v) is 55.6. The van der Waals surface area contributed by atoms with Crippen molar-refractivity contribution in [1.82, 2.24) is 0 Å². The first-order valence-electron chi connectivity index (χ1n) is 20.7. The number of carbonyl (C=O) groups is 3. The van der Waals surface area contributed by atoms with Crippen LogP contribution in [0, 0.1) is 198 Å². The van der Waals surface area contributed by atoms with Gasteiger partial charge in [0.25, 0.3) is 0 Å². The van der Waals surface area contributed by atoms with Crippen LogP contribution in [0.4, 0.5) is 9.59 Å². The summed E-state index contributed by atoms with van der Waals surface area (Å²) in [5, 5.41) is 1.09. The standard InChI is InChI=1S/C8H8OS.C8H10S2.C7H6O3.C7H6OS2.C7H8S2.C6H7S2.C6H6S2.C6H6S.C3H4S.Sb/c1-3-5-6-8(9)10-7-4-2;1-3-5-9-7-8-10-6-4-2;2*1-3-5-9-7(8)10-6-4-2;1-3-5-8-7-9-6-4-2;1-3-4-8-6(2)5-7;1-3-5-7-8-6-4-2;1-3-5-7-6-4-2;1-2-3-4;/h1-2H,5-7H2;1-2H,5-8H2;2*1-2H,5-6H2;1-2H,5-7H2;1-2,7H,4-5H2;1-2H,5-6H2;1-2H,5-6H2;1,4H,3H2;/q;;;;;;;;;+2/p-2. The van der Waals surface area contributed by atoms with Crippen molar-refractivity contribution in [2.75, 3.05) is 110 Å². The van der Waals surface area contributed by atoms with Gasteiger partial charge in [-0.25, -0.2) is 4.79 Å². The molecule has 0 amide bonds. The first-order chi connectivity index (χ1) is 37.4. The van der Waals surface area contributed by atoms with Gasteiger partial charge >= 0.3 is 104 Å². The second-order valence-corrected chi connectivity index (χ2v) is 37.7. The van der Waals surface area contributed by atoms with Crippen molar-refractivity contribution in [3.63, 3.8) is 0 Å². The number of rotatable bonds is 25. The number of carbonyl (C=O) groups excluding carboxylic acids is 3. The van der Waals surface area contributed by atoms with E-state index in [1.165, 1.54) is 10.7 Å². The van der Waals surface area contributed by atoms with Crippen LogP contribution in [0.2, 0.25) is 0 Å². The van der Waals surface area contributed by atoms with Crippen LogP contribution >= 0.6 is 145 Å². The van der Waals surface area contributed by atoms with Crippen LogP contribution in [0.1, 0.15) is 12.8 Å². The van der Waals surface area contributed by atoms with Gasteiger partial charge in [-0.15, -0.1) is 155 Å². The topological polar surface area (TPSA) is 69.7 Å². The molecule has 1 aliphatic heterocycles. The Hall–Kier alpha value is -3.32. The maximum Gasteiger partial charge on any atom is 0.0649 e. The minimum absolute atomic E-state index is 0.00380. The van der Waals surface area contributed by atoms with Gasteiger partial charge in [-0.2, -0.15) is 0 Å². The van der Waals surface area contributed by atoms with Gasteiger partial charge in [0, 0.05) is 29.4 Å². The summed E-state index contributed by atoms with van der Waals surface area (Å²) in [6, 6.07) is 0. The van der Waals surface area contributed by atoms with E-state index in [2.05, 4.69) is 117 Å². The third kappa shape index (κ3) is 102. The number of hydrogen-bond acceptors (Lipinski definition) is 18. The molecule has 0 aromatic carbocycles. The second kappa shape index (κ2) is 89.3. The Bertz CT molecular complexity index is 2040. The molecular formula is C58H59O5S13Sb. The summed E-state index contributed by atoms with van der Waals surface area (Å²) < 4.78 is 11.1. The summed E-state index contributed by atoms with van der Waals surface area (Å²) in [5.41, 5.74) is 0. The normalized spacial score (nSPS) is 9.01. The number of terminal acetylenes is 16. The summed E-state index contributed by atoms with van der Waals surface area (Å²) in [6.07, 6.45) is 79.8. The molecular weight excluding hydrogens is 1320 g/mol. The van der Waals surface area contributed by atoms with Crippen LogP contribution in [0.5, 0.6) is 0 Å². The molecule has 1 heterocycles. The minimum Gasteiger partial charge on any atom is -0.148 e. The van der Waals surface area contributed by atoms with Crippen molar-refractivity contribution >= 4 is 178 Å². The molecule has 0 aromatic heterocycles. The van der Waals surface area contributed by atoms with E-state index >= 15 is 0 Å². The summed E-state index contributed by atoms with van der Waals surface area (Å²) in [6.45, 7) is -0.188. The third-order valence-electron chi connectivity index (χ3n) is 5.10. The fraction of sp³-hybridized carbons (Fsp3) is 0.362. The molecule has 0 aromatic rings. The molecule has 1 aliphatic rings. The quantitative estimate of drug-likeness (QED) is 0.0217. The average molecular weight is 1370 g/mol. The Morgan fingerprint density at radius 3 is 1.23 bits per heavy atom. The van der Waals surface area contributed by atoms with Crippen molar-refractivity contribution in [2.45, 2.75) is 12.8 Å². The third-order valence-corrected chi connectivity index (χ3v) is 31.1. The van der Waals surface area contributed by atoms with Crippen molar-refractivity contribution in [3.8, 4) is 198 Å². The zero-order valence-electron chi connectivity index (χ0n) is 42.5. The first kappa shape index (κ1) is 87.5. The second-order valence-electron chi connectivity index (χ2n) is 10.7. The Kier molecular flexibility index (Phi) is 101. The fourth-order valence-electron chi connectivity index (χ4n) is 2.52. The van der Waals surface area contributed by atoms with Crippen molar-refractivity contribution in [2.24, 2.45) is 0 Å². The van der Waals surface area contributed by atoms with Crippen molar-refractivity contribution < 1.29 is 23.9 Å². The molecule has 1 rings (SSSR count). The van der Waals surface area contributed by atoms with E-state index in [0.717, 1.165) is 109 Å². The van der Waals surface area contributed by atoms with Crippen LogP contribution in [0.25, 0.3) is 0 Å². The summed E-state index contributed by atoms with van der Waals surface area (Å²) in [5.74, 6) is 51.7. The average Bonchev–Trinajstić information content (AvgIpc) is 3.91. The van der Waals surface area contributed by atoms with Gasteiger partial charge in [-0.05, 0) is 0 Å². The van der Waals surface area contributed by atoms with Gasteiger partial charge in [0.2, 0.25) is 4.45 Å². The van der Waals surface area contributed by atoms with Gasteiger partial charge in [-0.1, -0.05) is 134 Å². The van der Waals surface area contributed by atoms with Crippen LogP contribution in [0.15, 0.2) is 8.93 Å². The SMILES string of the molecule is C#CCCC(=O)SCC#C.C#CCOC(=O)OCC#C.C#CCSC(=O)SCC#C.C#CCSC1=[CH][Sb]([S]CC#C)[S]C1.C#CCSCC#C.C#CCSCCSCC#C.C#CCSCSCC#C.C#CCSSCC#C. The molecule has 0 saturated heterocycles. The van der Waals surface area contributed by atoms with Crippen LogP contribution in [0.3, 0.4) is 0 Å². The summed E-state index contributed by atoms with van der Waals surface area (Å²) >= 11 is 12.6. The first-order valence-corrected chi connectivity index (χ1v) is 42.5. The molecule has 0 radical (unpaired) electrons. The van der Waals surface area contributed by atoms with Gasteiger partial charge in [0.1, 0.15) is 0 Å². The van der Waals surface area contributed by atoms with Gasteiger partial charge < -0.3 is 9.47 Å². The Morgan fingerprint density at radius 1 is 0.455 bits per heavy atom. The zero-order chi connectivity index (χ0) is 59.4. The van der Waals surface area contributed by atoms with Crippen LogP contribution in [-0.4, -0.2) is 143 Å². The fourth-order valence-corrected chi connectivity index (χ4v) is 25.7. The smallest absolute Gasteiger partial charge is 0.0649 e. The largest absolute Gasteiger partial charge is 0.148 e. The number of ether oxygens (including phenoxy) is 2. The molecule has 5 nitrogen and oxygen atoms in total. The van der Waals surface area contributed by atoms with E-state index in [0.29, 0.717) is 30.1 Å². The summed E-state index contributed by atoms with van der Waals surface area (Å²) in [4.78, 5) is 33.2. The molecule has 0 atom stereocenters. The van der Waals surface area contributed by atoms with Crippen LogP contribution < -0.4 is 0 Å². The molecule has 0 fully saturated rings. The molecule has 19 heteroatoms. The van der Waals surface area contributed by atoms with Gasteiger partial charge in [0.15, 0.2) is 18.3 Å². The van der Waals surface area contributed by atoms with E-state index in [4.69, 9.17) is 103 Å². The predicted octanol–water partition coefficient (Wildman–Crippen LogP) is 11.9. The Morgan fingerprint density at radius 2 is 0.844 bits per heavy atom. The molecule has 0 aliphatic carbocycles. The number of thioether (sulfide) groups is 9. The van der Waals surface area contributed by atoms with Crippen LogP contribution in [-0.2, 0) is 14.3 Å². The van der Waals surface area contributed by atoms with E-state index in [9.17, 15) is 14.4 Å². The van der Waals surface area contributed by atoms with Crippen molar-refractivity contribution in [1.29, 1.82) is 0 Å². The molecule has 404 valence electrons. The maximum absolute atomic E-state index is 10.7. The van der Waals surface area contributed by atoms with Crippen molar-refractivity contribution in [3.05, 3.63) is 8.93 Å². The Balaban J connectivity index is -0.000000146. The molecule has 0 spiro atoms. The maximum atomic E-state index is 10.7. The summed E-state index contributed by atoms with van der Waals surface area (Å²) in [7, 11) is 7.33. The van der Waals surface area contributed by atoms with Gasteiger partial charge in [0.05, 0.1) is 63.3 Å². The monoisotopic (exact) mass is 1370 g/mol.